The average molecular weight is 199 g/mol. The molecule has 0 saturated carbocycles. The molecule has 8 nitrogen and oxygen atoms in total. The van der Waals surface area contributed by atoms with Crippen LogP contribution >= 0.6 is 0 Å². The van der Waals surface area contributed by atoms with E-state index in [1.807, 2.05) is 0 Å². The number of nitrogen functional groups attached to an aromatic ring is 3. The molecule has 78 valence electrons. The van der Waals surface area contributed by atoms with Crippen LogP contribution in [0.25, 0.3) is 0 Å². The van der Waals surface area contributed by atoms with E-state index >= 15 is 0 Å². The van der Waals surface area contributed by atoms with E-state index in [0.29, 0.717) is 0 Å². The van der Waals surface area contributed by atoms with Crippen molar-refractivity contribution in [3.63, 3.8) is 0 Å². The second-order valence-electron chi connectivity index (χ2n) is 2.48. The Kier molecular flexibility index (Phi) is 4.68. The van der Waals surface area contributed by atoms with Gasteiger partial charge in [0, 0.05) is 14.1 Å². The molecule has 0 fully saturated rings. The van der Waals surface area contributed by atoms with Gasteiger partial charge in [-0.15, -0.1) is 0 Å². The number of carbonyl (C=O) groups excluding carboxylic acids is 1. The van der Waals surface area contributed by atoms with E-state index in [1.165, 1.54) is 4.90 Å². The van der Waals surface area contributed by atoms with E-state index in [0.717, 1.165) is 6.41 Å². The van der Waals surface area contributed by atoms with Gasteiger partial charge in [0.1, 0.15) is 0 Å². The van der Waals surface area contributed by atoms with E-state index in [1.54, 1.807) is 14.1 Å². The SMILES string of the molecule is CN(C)C=O.Nc1nc(N)nc(N)n1. The molecule has 0 bridgehead atoms. The number of carbonyl (C=O) groups is 1. The summed E-state index contributed by atoms with van der Waals surface area (Å²) in [5.41, 5.74) is 15.4. The zero-order valence-corrected chi connectivity index (χ0v) is 8.01. The van der Waals surface area contributed by atoms with Crippen LogP contribution < -0.4 is 17.2 Å². The molecule has 1 heterocycles. The molecule has 0 aliphatic carbocycles. The summed E-state index contributed by atoms with van der Waals surface area (Å²) in [4.78, 5) is 21.3. The average Bonchev–Trinajstić information content (AvgIpc) is 2.02. The first kappa shape index (κ1) is 11.9. The molecule has 0 unspecified atom stereocenters. The van der Waals surface area contributed by atoms with Crippen molar-refractivity contribution in [2.45, 2.75) is 0 Å². The van der Waals surface area contributed by atoms with Gasteiger partial charge in [0.15, 0.2) is 0 Å². The third-order valence-electron chi connectivity index (χ3n) is 0.898. The summed E-state index contributed by atoms with van der Waals surface area (Å²) < 4.78 is 0. The molecule has 6 N–H and O–H groups in total. The van der Waals surface area contributed by atoms with Crippen LogP contribution in [0.15, 0.2) is 0 Å². The Labute approximate surface area is 81.1 Å². The number of nitrogens with two attached hydrogens (primary N) is 3. The van der Waals surface area contributed by atoms with E-state index in [-0.39, 0.29) is 17.8 Å². The van der Waals surface area contributed by atoms with Crippen molar-refractivity contribution in [2.75, 3.05) is 31.3 Å². The largest absolute Gasteiger partial charge is 0.368 e. The van der Waals surface area contributed by atoms with Crippen molar-refractivity contribution < 1.29 is 4.79 Å². The van der Waals surface area contributed by atoms with Crippen LogP contribution in [-0.4, -0.2) is 40.4 Å². The second-order valence-corrected chi connectivity index (χ2v) is 2.48. The highest BCUT2D eigenvalue weighted by molar-refractivity contribution is 5.45. The molecule has 1 amide bonds. The van der Waals surface area contributed by atoms with Gasteiger partial charge >= 0.3 is 0 Å². The van der Waals surface area contributed by atoms with Gasteiger partial charge in [-0.2, -0.15) is 15.0 Å². The molecular formula is C6H13N7O. The molecule has 1 aromatic rings. The van der Waals surface area contributed by atoms with E-state index in [9.17, 15) is 4.79 Å². The lowest BCUT2D eigenvalue weighted by atomic mass is 10.9. The summed E-state index contributed by atoms with van der Waals surface area (Å²) in [5.74, 6) is 0.125. The monoisotopic (exact) mass is 199 g/mol. The lowest BCUT2D eigenvalue weighted by Crippen LogP contribution is -2.06. The van der Waals surface area contributed by atoms with Gasteiger partial charge < -0.3 is 22.1 Å². The number of hydrogen-bond acceptors (Lipinski definition) is 7. The van der Waals surface area contributed by atoms with Crippen LogP contribution in [0.3, 0.4) is 0 Å². The highest BCUT2D eigenvalue weighted by Crippen LogP contribution is 1.97. The molecule has 1 aromatic heterocycles. The highest BCUT2D eigenvalue weighted by atomic mass is 16.1. The van der Waals surface area contributed by atoms with Crippen LogP contribution in [0.1, 0.15) is 0 Å². The molecule has 0 spiro atoms. The molecule has 0 aromatic carbocycles. The third-order valence-corrected chi connectivity index (χ3v) is 0.898. The Balaban J connectivity index is 0.000000292. The fraction of sp³-hybridized carbons (Fsp3) is 0.333. The van der Waals surface area contributed by atoms with Crippen LogP contribution in [0.2, 0.25) is 0 Å². The minimum Gasteiger partial charge on any atom is -0.368 e. The van der Waals surface area contributed by atoms with Gasteiger partial charge in [-0.1, -0.05) is 0 Å². The maximum Gasteiger partial charge on any atom is 0.226 e. The van der Waals surface area contributed by atoms with E-state index in [4.69, 9.17) is 17.2 Å². The standard InChI is InChI=1S/C3H6N6.C3H7NO/c4-1-7-2(5)9-3(6)8-1;1-4(2)3-5/h(H6,4,5,6,7,8,9);3H,1-2H3. The fourth-order valence-corrected chi connectivity index (χ4v) is 0.427. The molecule has 0 atom stereocenters. The Morgan fingerprint density at radius 1 is 1.00 bits per heavy atom. The van der Waals surface area contributed by atoms with Gasteiger partial charge in [-0.3, -0.25) is 4.79 Å². The van der Waals surface area contributed by atoms with Crippen molar-refractivity contribution in [2.24, 2.45) is 0 Å². The quantitative estimate of drug-likeness (QED) is 0.459. The molecule has 14 heavy (non-hydrogen) atoms. The Hall–Kier alpha value is -2.12. The number of nitrogens with zero attached hydrogens (tertiary/aromatic N) is 4. The van der Waals surface area contributed by atoms with E-state index < -0.39 is 0 Å². The van der Waals surface area contributed by atoms with Gasteiger partial charge in [-0.05, 0) is 0 Å². The molecule has 0 radical (unpaired) electrons. The maximum atomic E-state index is 9.43. The maximum absolute atomic E-state index is 9.43. The number of hydrogen-bond donors (Lipinski definition) is 3. The third kappa shape index (κ3) is 5.52. The lowest BCUT2D eigenvalue weighted by Gasteiger charge is -1.93. The number of rotatable bonds is 1. The van der Waals surface area contributed by atoms with Crippen molar-refractivity contribution in [3.05, 3.63) is 0 Å². The summed E-state index contributed by atoms with van der Waals surface area (Å²) in [6, 6.07) is 0. The Bertz CT molecular complexity index is 250. The normalized spacial score (nSPS) is 8.43. The molecule has 8 heteroatoms. The molecule has 0 saturated heterocycles. The fourth-order valence-electron chi connectivity index (χ4n) is 0.427. The summed E-state index contributed by atoms with van der Waals surface area (Å²) in [6.07, 6.45) is 0.750. The predicted molar refractivity (Wildman–Crippen MR) is 52.8 cm³/mol. The van der Waals surface area contributed by atoms with Crippen molar-refractivity contribution in [1.29, 1.82) is 0 Å². The summed E-state index contributed by atoms with van der Waals surface area (Å²) in [6.45, 7) is 0. The zero-order valence-electron chi connectivity index (χ0n) is 8.01. The smallest absolute Gasteiger partial charge is 0.226 e. The highest BCUT2D eigenvalue weighted by Gasteiger charge is 1.93. The van der Waals surface area contributed by atoms with Crippen LogP contribution in [-0.2, 0) is 4.79 Å². The van der Waals surface area contributed by atoms with Gasteiger partial charge in [-0.25, -0.2) is 0 Å². The Morgan fingerprint density at radius 3 is 1.36 bits per heavy atom. The van der Waals surface area contributed by atoms with Crippen molar-refractivity contribution in [3.8, 4) is 0 Å². The number of anilines is 3. The zero-order chi connectivity index (χ0) is 11.1. The number of aromatic nitrogens is 3. The summed E-state index contributed by atoms with van der Waals surface area (Å²) >= 11 is 0. The minimum absolute atomic E-state index is 0.0417. The first-order valence-electron chi connectivity index (χ1n) is 3.60. The van der Waals surface area contributed by atoms with Crippen LogP contribution in [0.5, 0.6) is 0 Å². The van der Waals surface area contributed by atoms with Crippen molar-refractivity contribution in [1.82, 2.24) is 19.9 Å². The van der Waals surface area contributed by atoms with Crippen LogP contribution in [0, 0.1) is 0 Å². The van der Waals surface area contributed by atoms with Crippen molar-refractivity contribution >= 4 is 24.3 Å². The molecular weight excluding hydrogens is 186 g/mol. The minimum atomic E-state index is 0.0417. The molecule has 1 rings (SSSR count). The molecule has 0 aliphatic heterocycles. The predicted octanol–water partition coefficient (Wildman–Crippen LogP) is -1.68. The first-order chi connectivity index (χ1) is 6.45. The Morgan fingerprint density at radius 2 is 1.21 bits per heavy atom. The van der Waals surface area contributed by atoms with Gasteiger partial charge in [0.05, 0.1) is 0 Å². The van der Waals surface area contributed by atoms with Gasteiger partial charge in [0.2, 0.25) is 24.3 Å². The molecule has 0 aliphatic rings. The van der Waals surface area contributed by atoms with Gasteiger partial charge in [0.25, 0.3) is 0 Å². The van der Waals surface area contributed by atoms with E-state index in [2.05, 4.69) is 15.0 Å². The first-order valence-corrected chi connectivity index (χ1v) is 3.60. The second kappa shape index (κ2) is 5.51. The number of amides is 1. The summed E-state index contributed by atoms with van der Waals surface area (Å²) in [7, 11) is 3.38. The van der Waals surface area contributed by atoms with Crippen LogP contribution in [0.4, 0.5) is 17.8 Å². The summed E-state index contributed by atoms with van der Waals surface area (Å²) in [5, 5.41) is 0. The lowest BCUT2D eigenvalue weighted by molar-refractivity contribution is -0.115. The topological polar surface area (TPSA) is 137 Å².